The molecule has 0 radical (unpaired) electrons. The van der Waals surface area contributed by atoms with Gasteiger partial charge in [0.25, 0.3) is 5.91 Å². The molecule has 7 heteroatoms. The fraction of sp³-hybridized carbons (Fsp3) is 0.0556. The van der Waals surface area contributed by atoms with Crippen LogP contribution < -0.4 is 10.1 Å². The maximum atomic E-state index is 12.2. The predicted molar refractivity (Wildman–Crippen MR) is 96.1 cm³/mol. The molecule has 0 unspecified atom stereocenters. The maximum Gasteiger partial charge on any atom is 0.255 e. The summed E-state index contributed by atoms with van der Waals surface area (Å²) in [6, 6.07) is 16.0. The fourth-order valence-corrected chi connectivity index (χ4v) is 2.37. The molecule has 1 amide bonds. The molecule has 6 nitrogen and oxygen atoms in total. The lowest BCUT2D eigenvalue weighted by molar-refractivity contribution is 0.102. The van der Waals surface area contributed by atoms with Gasteiger partial charge >= 0.3 is 0 Å². The van der Waals surface area contributed by atoms with Crippen molar-refractivity contribution >= 4 is 27.5 Å². The lowest BCUT2D eigenvalue weighted by atomic mass is 10.1. The number of halogens is 1. The Kier molecular flexibility index (Phi) is 5.11. The highest BCUT2D eigenvalue weighted by Crippen LogP contribution is 2.17. The van der Waals surface area contributed by atoms with E-state index in [9.17, 15) is 4.79 Å². The number of anilines is 1. The zero-order valence-electron chi connectivity index (χ0n) is 13.0. The minimum Gasteiger partial charge on any atom is -0.471 e. The van der Waals surface area contributed by atoms with Crippen LogP contribution in [0.2, 0.25) is 0 Å². The van der Waals surface area contributed by atoms with Gasteiger partial charge in [0.05, 0.1) is 29.7 Å². The van der Waals surface area contributed by atoms with E-state index in [4.69, 9.17) is 10.00 Å². The second-order valence-electron chi connectivity index (χ2n) is 5.14. The van der Waals surface area contributed by atoms with Gasteiger partial charge in [0.1, 0.15) is 5.75 Å². The lowest BCUT2D eigenvalue weighted by Crippen LogP contribution is -2.11. The van der Waals surface area contributed by atoms with E-state index in [0.29, 0.717) is 16.8 Å². The first-order valence-corrected chi connectivity index (χ1v) is 8.16. The number of benzene rings is 2. The Hall–Kier alpha value is -3.11. The Labute approximate surface area is 152 Å². The number of nitrogens with one attached hydrogen (secondary N) is 1. The van der Waals surface area contributed by atoms with Crippen LogP contribution in [-0.2, 0) is 6.73 Å². The molecule has 0 fully saturated rings. The van der Waals surface area contributed by atoms with Gasteiger partial charge in [-0.15, -0.1) is 0 Å². The quantitative estimate of drug-likeness (QED) is 0.710. The Bertz CT molecular complexity index is 929. The Morgan fingerprint density at radius 2 is 2.08 bits per heavy atom. The third-order valence-corrected chi connectivity index (χ3v) is 3.85. The van der Waals surface area contributed by atoms with E-state index in [2.05, 4.69) is 26.3 Å². The molecule has 0 saturated carbocycles. The monoisotopic (exact) mass is 396 g/mol. The topological polar surface area (TPSA) is 79.9 Å². The van der Waals surface area contributed by atoms with Gasteiger partial charge in [0.2, 0.25) is 0 Å². The molecule has 0 aliphatic carbocycles. The van der Waals surface area contributed by atoms with Crippen molar-refractivity contribution in [2.45, 2.75) is 6.73 Å². The molecule has 124 valence electrons. The van der Waals surface area contributed by atoms with Crippen molar-refractivity contribution < 1.29 is 9.53 Å². The van der Waals surface area contributed by atoms with Crippen molar-refractivity contribution in [3.8, 4) is 11.8 Å². The molecule has 0 spiro atoms. The maximum absolute atomic E-state index is 12.2. The molecule has 3 aromatic rings. The summed E-state index contributed by atoms with van der Waals surface area (Å²) in [5.74, 6) is 0.420. The first kappa shape index (κ1) is 16.7. The van der Waals surface area contributed by atoms with Crippen LogP contribution in [0.1, 0.15) is 15.9 Å². The summed E-state index contributed by atoms with van der Waals surface area (Å²) < 4.78 is 8.16. The fourth-order valence-electron chi connectivity index (χ4n) is 2.10. The Balaban J connectivity index is 1.60. The minimum absolute atomic E-state index is 0.224. The summed E-state index contributed by atoms with van der Waals surface area (Å²) in [6.45, 7) is 0.224. The number of nitriles is 1. The summed E-state index contributed by atoms with van der Waals surface area (Å²) in [7, 11) is 0. The van der Waals surface area contributed by atoms with Gasteiger partial charge < -0.3 is 10.1 Å². The SMILES string of the molecule is N#Cc1cccc(C(=O)Nc2cnn(COc3ccc(Br)cc3)c2)c1. The minimum atomic E-state index is -0.300. The standard InChI is InChI=1S/C18H13BrN4O2/c19-15-4-6-17(7-5-15)25-12-23-11-16(10-21-23)22-18(24)14-3-1-2-13(8-14)9-20/h1-8,10-11H,12H2,(H,22,24). The first-order valence-electron chi connectivity index (χ1n) is 7.36. The number of hydrogen-bond donors (Lipinski definition) is 1. The van der Waals surface area contributed by atoms with Crippen molar-refractivity contribution in [2.75, 3.05) is 5.32 Å². The second kappa shape index (κ2) is 7.64. The van der Waals surface area contributed by atoms with E-state index >= 15 is 0 Å². The highest BCUT2D eigenvalue weighted by atomic mass is 79.9. The number of nitrogens with zero attached hydrogens (tertiary/aromatic N) is 3. The number of ether oxygens (including phenoxy) is 1. The van der Waals surface area contributed by atoms with E-state index in [1.807, 2.05) is 30.3 Å². The molecule has 1 heterocycles. The van der Waals surface area contributed by atoms with Gasteiger partial charge in [-0.2, -0.15) is 10.4 Å². The van der Waals surface area contributed by atoms with Gasteiger partial charge in [-0.1, -0.05) is 22.0 Å². The molecule has 25 heavy (non-hydrogen) atoms. The van der Waals surface area contributed by atoms with Crippen molar-refractivity contribution in [3.63, 3.8) is 0 Å². The number of carbonyl (C=O) groups excluding carboxylic acids is 1. The van der Waals surface area contributed by atoms with Gasteiger partial charge in [-0.25, -0.2) is 4.68 Å². The number of aromatic nitrogens is 2. The van der Waals surface area contributed by atoms with E-state index in [-0.39, 0.29) is 12.6 Å². The largest absolute Gasteiger partial charge is 0.471 e. The lowest BCUT2D eigenvalue weighted by Gasteiger charge is -2.06. The van der Waals surface area contributed by atoms with Crippen LogP contribution in [-0.4, -0.2) is 15.7 Å². The molecular weight excluding hydrogens is 384 g/mol. The normalized spacial score (nSPS) is 10.1. The number of amides is 1. The third-order valence-electron chi connectivity index (χ3n) is 3.32. The average molecular weight is 397 g/mol. The van der Waals surface area contributed by atoms with Crippen molar-refractivity contribution in [1.29, 1.82) is 5.26 Å². The Morgan fingerprint density at radius 1 is 1.28 bits per heavy atom. The van der Waals surface area contributed by atoms with Gasteiger partial charge in [0.15, 0.2) is 6.73 Å². The molecular formula is C18H13BrN4O2. The molecule has 0 aliphatic rings. The van der Waals surface area contributed by atoms with Crippen LogP contribution in [0, 0.1) is 11.3 Å². The van der Waals surface area contributed by atoms with Gasteiger partial charge in [-0.05, 0) is 42.5 Å². The highest BCUT2D eigenvalue weighted by Gasteiger charge is 2.08. The average Bonchev–Trinajstić information content (AvgIpc) is 3.08. The van der Waals surface area contributed by atoms with E-state index in [0.717, 1.165) is 10.2 Å². The van der Waals surface area contributed by atoms with Crippen LogP contribution in [0.4, 0.5) is 5.69 Å². The molecule has 1 N–H and O–H groups in total. The Morgan fingerprint density at radius 3 is 2.84 bits per heavy atom. The summed E-state index contributed by atoms with van der Waals surface area (Å²) >= 11 is 3.36. The second-order valence-corrected chi connectivity index (χ2v) is 6.06. The van der Waals surface area contributed by atoms with Crippen LogP contribution in [0.3, 0.4) is 0 Å². The van der Waals surface area contributed by atoms with Crippen molar-refractivity contribution in [2.24, 2.45) is 0 Å². The van der Waals surface area contributed by atoms with Gasteiger partial charge in [0, 0.05) is 10.0 Å². The molecule has 2 aromatic carbocycles. The van der Waals surface area contributed by atoms with Crippen molar-refractivity contribution in [1.82, 2.24) is 9.78 Å². The highest BCUT2D eigenvalue weighted by molar-refractivity contribution is 9.10. The molecule has 3 rings (SSSR count). The molecule has 0 aliphatic heterocycles. The summed E-state index contributed by atoms with van der Waals surface area (Å²) in [5, 5.41) is 15.8. The summed E-state index contributed by atoms with van der Waals surface area (Å²) in [5.41, 5.74) is 1.40. The van der Waals surface area contributed by atoms with Crippen molar-refractivity contribution in [3.05, 3.63) is 76.5 Å². The predicted octanol–water partition coefficient (Wildman–Crippen LogP) is 3.81. The van der Waals surface area contributed by atoms with E-state index in [1.165, 1.54) is 12.3 Å². The number of rotatable bonds is 5. The number of hydrogen-bond acceptors (Lipinski definition) is 4. The molecule has 0 saturated heterocycles. The van der Waals surface area contributed by atoms with Crippen LogP contribution >= 0.6 is 15.9 Å². The number of carbonyl (C=O) groups is 1. The van der Waals surface area contributed by atoms with Gasteiger partial charge in [-0.3, -0.25) is 4.79 Å². The molecule has 1 aromatic heterocycles. The van der Waals surface area contributed by atoms with Crippen LogP contribution in [0.25, 0.3) is 0 Å². The van der Waals surface area contributed by atoms with E-state index in [1.54, 1.807) is 29.1 Å². The zero-order valence-corrected chi connectivity index (χ0v) is 14.6. The molecule has 0 bridgehead atoms. The first-order chi connectivity index (χ1) is 12.1. The summed E-state index contributed by atoms with van der Waals surface area (Å²) in [4.78, 5) is 12.2. The summed E-state index contributed by atoms with van der Waals surface area (Å²) in [6.07, 6.45) is 3.21. The van der Waals surface area contributed by atoms with Crippen LogP contribution in [0.15, 0.2) is 65.4 Å². The molecule has 0 atom stereocenters. The smallest absolute Gasteiger partial charge is 0.255 e. The third kappa shape index (κ3) is 4.46. The van der Waals surface area contributed by atoms with E-state index < -0.39 is 0 Å². The van der Waals surface area contributed by atoms with Crippen LogP contribution in [0.5, 0.6) is 5.75 Å². The zero-order chi connectivity index (χ0) is 17.6.